The Kier molecular flexibility index (Phi) is 3.02. The Bertz CT molecular complexity index is 246. The van der Waals surface area contributed by atoms with E-state index in [2.05, 4.69) is 15.3 Å². The number of hydrogen-bond donors (Lipinski definition) is 1. The Balaban J connectivity index is 1.90. The normalized spacial score (nSPS) is 18.5. The molecule has 0 bridgehead atoms. The average molecular weight is 195 g/mol. The molecule has 2 heterocycles. The molecule has 0 aliphatic carbocycles. The highest BCUT2D eigenvalue weighted by molar-refractivity contribution is 7.99. The third kappa shape index (κ3) is 2.59. The molecule has 0 radical (unpaired) electrons. The fraction of sp³-hybridized carbons (Fsp3) is 0.556. The molecule has 0 atom stereocenters. The van der Waals surface area contributed by atoms with Gasteiger partial charge in [0.2, 0.25) is 5.95 Å². The summed E-state index contributed by atoms with van der Waals surface area (Å²) in [4.78, 5) is 8.29. The third-order valence-corrected chi connectivity index (χ3v) is 3.17. The van der Waals surface area contributed by atoms with Crippen LogP contribution in [0, 0.1) is 0 Å². The van der Waals surface area contributed by atoms with Crippen LogP contribution in [0.2, 0.25) is 0 Å². The van der Waals surface area contributed by atoms with Crippen molar-refractivity contribution in [2.24, 2.45) is 0 Å². The minimum Gasteiger partial charge on any atom is -0.351 e. The third-order valence-electron chi connectivity index (χ3n) is 2.12. The van der Waals surface area contributed by atoms with Crippen LogP contribution >= 0.6 is 11.8 Å². The van der Waals surface area contributed by atoms with Gasteiger partial charge < -0.3 is 5.32 Å². The fourth-order valence-corrected chi connectivity index (χ4v) is 2.50. The van der Waals surface area contributed by atoms with Gasteiger partial charge >= 0.3 is 0 Å². The summed E-state index contributed by atoms with van der Waals surface area (Å²) in [5.74, 6) is 3.27. The van der Waals surface area contributed by atoms with Gasteiger partial charge in [0.25, 0.3) is 0 Å². The van der Waals surface area contributed by atoms with Crippen molar-refractivity contribution in [3.05, 3.63) is 18.5 Å². The van der Waals surface area contributed by atoms with Gasteiger partial charge in [-0.15, -0.1) is 0 Å². The van der Waals surface area contributed by atoms with Gasteiger partial charge in [-0.05, 0) is 30.4 Å². The molecule has 3 nitrogen and oxygen atoms in total. The largest absolute Gasteiger partial charge is 0.351 e. The number of thioether (sulfide) groups is 1. The topological polar surface area (TPSA) is 37.8 Å². The Morgan fingerprint density at radius 1 is 1.23 bits per heavy atom. The molecule has 1 aromatic heterocycles. The smallest absolute Gasteiger partial charge is 0.222 e. The molecule has 0 saturated carbocycles. The fourth-order valence-electron chi connectivity index (χ4n) is 1.40. The summed E-state index contributed by atoms with van der Waals surface area (Å²) in [7, 11) is 0. The van der Waals surface area contributed by atoms with Crippen molar-refractivity contribution in [1.82, 2.24) is 9.97 Å². The summed E-state index contributed by atoms with van der Waals surface area (Å²) in [6.45, 7) is 0. The summed E-state index contributed by atoms with van der Waals surface area (Å²) in [5, 5.41) is 3.35. The van der Waals surface area contributed by atoms with Crippen molar-refractivity contribution in [2.45, 2.75) is 18.9 Å². The van der Waals surface area contributed by atoms with Crippen LogP contribution in [-0.2, 0) is 0 Å². The molecule has 0 aromatic carbocycles. The lowest BCUT2D eigenvalue weighted by Gasteiger charge is -2.22. The molecule has 1 fully saturated rings. The quantitative estimate of drug-likeness (QED) is 0.780. The number of anilines is 1. The first-order chi connectivity index (χ1) is 6.45. The molecular weight excluding hydrogens is 182 g/mol. The van der Waals surface area contributed by atoms with E-state index in [1.807, 2.05) is 17.8 Å². The lowest BCUT2D eigenvalue weighted by molar-refractivity contribution is 0.660. The van der Waals surface area contributed by atoms with E-state index in [1.54, 1.807) is 12.4 Å². The summed E-state index contributed by atoms with van der Waals surface area (Å²) in [5.41, 5.74) is 0. The van der Waals surface area contributed by atoms with Gasteiger partial charge in [-0.2, -0.15) is 11.8 Å². The zero-order valence-electron chi connectivity index (χ0n) is 7.44. The first kappa shape index (κ1) is 8.81. The molecule has 1 aliphatic heterocycles. The zero-order chi connectivity index (χ0) is 8.93. The molecule has 4 heteroatoms. The van der Waals surface area contributed by atoms with Gasteiger partial charge in [0.1, 0.15) is 0 Å². The van der Waals surface area contributed by atoms with Gasteiger partial charge in [-0.3, -0.25) is 0 Å². The van der Waals surface area contributed by atoms with Crippen molar-refractivity contribution < 1.29 is 0 Å². The second-order valence-electron chi connectivity index (χ2n) is 3.10. The van der Waals surface area contributed by atoms with E-state index in [0.29, 0.717) is 6.04 Å². The predicted octanol–water partition coefficient (Wildman–Crippen LogP) is 1.78. The summed E-state index contributed by atoms with van der Waals surface area (Å²) in [6, 6.07) is 2.41. The molecule has 1 aromatic rings. The summed E-state index contributed by atoms with van der Waals surface area (Å²) >= 11 is 2.03. The maximum Gasteiger partial charge on any atom is 0.222 e. The van der Waals surface area contributed by atoms with Gasteiger partial charge in [-0.1, -0.05) is 0 Å². The molecule has 0 amide bonds. The van der Waals surface area contributed by atoms with Gasteiger partial charge in [-0.25, -0.2) is 9.97 Å². The highest BCUT2D eigenvalue weighted by Gasteiger charge is 2.13. The van der Waals surface area contributed by atoms with E-state index in [4.69, 9.17) is 0 Å². The minimum atomic E-state index is 0.573. The molecule has 2 rings (SSSR count). The van der Waals surface area contributed by atoms with E-state index in [9.17, 15) is 0 Å². The molecule has 1 saturated heterocycles. The summed E-state index contributed by atoms with van der Waals surface area (Å²) < 4.78 is 0. The van der Waals surface area contributed by atoms with E-state index in [-0.39, 0.29) is 0 Å². The molecule has 1 aliphatic rings. The van der Waals surface area contributed by atoms with Gasteiger partial charge in [0.15, 0.2) is 0 Å². The van der Waals surface area contributed by atoms with Crippen molar-refractivity contribution in [3.63, 3.8) is 0 Å². The number of rotatable bonds is 2. The second-order valence-corrected chi connectivity index (χ2v) is 4.33. The highest BCUT2D eigenvalue weighted by atomic mass is 32.2. The van der Waals surface area contributed by atoms with Crippen LogP contribution in [0.4, 0.5) is 5.95 Å². The van der Waals surface area contributed by atoms with Crippen molar-refractivity contribution in [3.8, 4) is 0 Å². The van der Waals surface area contributed by atoms with Crippen LogP contribution in [0.25, 0.3) is 0 Å². The number of hydrogen-bond acceptors (Lipinski definition) is 4. The van der Waals surface area contributed by atoms with Crippen LogP contribution in [0.5, 0.6) is 0 Å². The summed E-state index contributed by atoms with van der Waals surface area (Å²) in [6.07, 6.45) is 5.99. The molecule has 1 N–H and O–H groups in total. The predicted molar refractivity (Wildman–Crippen MR) is 56.0 cm³/mol. The van der Waals surface area contributed by atoms with Crippen molar-refractivity contribution in [1.29, 1.82) is 0 Å². The van der Waals surface area contributed by atoms with Gasteiger partial charge in [0, 0.05) is 18.4 Å². The van der Waals surface area contributed by atoms with Crippen molar-refractivity contribution >= 4 is 17.7 Å². The van der Waals surface area contributed by atoms with Crippen LogP contribution in [0.1, 0.15) is 12.8 Å². The first-order valence-corrected chi connectivity index (χ1v) is 5.72. The molecule has 70 valence electrons. The lowest BCUT2D eigenvalue weighted by Crippen LogP contribution is -2.25. The Labute approximate surface area is 82.4 Å². The van der Waals surface area contributed by atoms with Crippen LogP contribution in [0.15, 0.2) is 18.5 Å². The maximum absolute atomic E-state index is 4.14. The second kappa shape index (κ2) is 4.46. The Hall–Kier alpha value is -0.770. The van der Waals surface area contributed by atoms with Crippen LogP contribution < -0.4 is 5.32 Å². The average Bonchev–Trinajstić information content (AvgIpc) is 2.21. The highest BCUT2D eigenvalue weighted by Crippen LogP contribution is 2.18. The molecular formula is C9H13N3S. The van der Waals surface area contributed by atoms with Crippen molar-refractivity contribution in [2.75, 3.05) is 16.8 Å². The van der Waals surface area contributed by atoms with Gasteiger partial charge in [0.05, 0.1) is 0 Å². The first-order valence-electron chi connectivity index (χ1n) is 4.56. The maximum atomic E-state index is 4.14. The Morgan fingerprint density at radius 2 is 1.92 bits per heavy atom. The standard InChI is InChI=1S/C9H13N3S/c1-4-10-9(11-5-1)12-8-2-6-13-7-3-8/h1,4-5,8H,2-3,6-7H2,(H,10,11,12). The SMILES string of the molecule is c1cnc(NC2CCSCC2)nc1. The van der Waals surface area contributed by atoms with E-state index >= 15 is 0 Å². The molecule has 0 spiro atoms. The minimum absolute atomic E-state index is 0.573. The van der Waals surface area contributed by atoms with Crippen LogP contribution in [0.3, 0.4) is 0 Å². The van der Waals surface area contributed by atoms with E-state index in [0.717, 1.165) is 5.95 Å². The Morgan fingerprint density at radius 3 is 2.62 bits per heavy atom. The number of aromatic nitrogens is 2. The monoisotopic (exact) mass is 195 g/mol. The zero-order valence-corrected chi connectivity index (χ0v) is 8.26. The number of nitrogens with one attached hydrogen (secondary N) is 1. The van der Waals surface area contributed by atoms with Crippen LogP contribution in [-0.4, -0.2) is 27.5 Å². The van der Waals surface area contributed by atoms with E-state index < -0.39 is 0 Å². The molecule has 0 unspecified atom stereocenters. The molecule has 13 heavy (non-hydrogen) atoms. The number of nitrogens with zero attached hydrogens (tertiary/aromatic N) is 2. The lowest BCUT2D eigenvalue weighted by atomic mass is 10.2. The van der Waals surface area contributed by atoms with E-state index in [1.165, 1.54) is 24.3 Å².